The Kier molecular flexibility index (Phi) is 60.1. The summed E-state index contributed by atoms with van der Waals surface area (Å²) in [4.78, 5) is 38.0. The van der Waals surface area contributed by atoms with Gasteiger partial charge < -0.3 is 14.2 Å². The predicted molar refractivity (Wildman–Crippen MR) is 312 cm³/mol. The number of carbonyl (C=O) groups excluding carboxylic acids is 3. The van der Waals surface area contributed by atoms with Gasteiger partial charge in [-0.3, -0.25) is 14.4 Å². The van der Waals surface area contributed by atoms with Crippen LogP contribution in [0, 0.1) is 0 Å². The first-order valence-corrected chi connectivity index (χ1v) is 32.7. The Balaban J connectivity index is 3.92. The molecule has 6 nitrogen and oxygen atoms in total. The van der Waals surface area contributed by atoms with Crippen LogP contribution < -0.4 is 0 Å². The van der Waals surface area contributed by atoms with Crippen molar-refractivity contribution in [2.24, 2.45) is 0 Å². The van der Waals surface area contributed by atoms with Gasteiger partial charge in [0.2, 0.25) is 0 Å². The number of ether oxygens (including phenoxy) is 3. The van der Waals surface area contributed by atoms with Crippen molar-refractivity contribution in [3.63, 3.8) is 0 Å². The van der Waals surface area contributed by atoms with E-state index in [0.717, 1.165) is 64.2 Å². The zero-order valence-electron chi connectivity index (χ0n) is 49.0. The average molecular weight is 1020 g/mol. The van der Waals surface area contributed by atoms with Crippen LogP contribution >= 0.6 is 0 Å². The Labute approximate surface area is 450 Å². The zero-order valence-corrected chi connectivity index (χ0v) is 49.0. The Bertz CT molecular complexity index is 1120. The third-order valence-corrected chi connectivity index (χ3v) is 15.0. The van der Waals surface area contributed by atoms with Crippen LogP contribution in [0.3, 0.4) is 0 Å². The molecule has 1 atom stereocenters. The van der Waals surface area contributed by atoms with Crippen molar-refractivity contribution in [3.05, 3.63) is 12.2 Å². The molecule has 0 saturated heterocycles. The molecule has 0 heterocycles. The molecule has 0 aromatic heterocycles. The number of esters is 3. The largest absolute Gasteiger partial charge is 0.462 e. The Morgan fingerprint density at radius 2 is 0.458 bits per heavy atom. The topological polar surface area (TPSA) is 78.9 Å². The lowest BCUT2D eigenvalue weighted by atomic mass is 10.0. The van der Waals surface area contributed by atoms with Crippen molar-refractivity contribution < 1.29 is 28.6 Å². The second-order valence-corrected chi connectivity index (χ2v) is 22.4. The Morgan fingerprint density at radius 1 is 0.264 bits per heavy atom. The molecule has 0 rings (SSSR count). The number of unbranched alkanes of at least 4 members (excludes halogenated alkanes) is 48. The highest BCUT2D eigenvalue weighted by Crippen LogP contribution is 2.19. The first kappa shape index (κ1) is 70.1. The van der Waals surface area contributed by atoms with E-state index in [0.29, 0.717) is 19.3 Å². The van der Waals surface area contributed by atoms with E-state index in [1.54, 1.807) is 0 Å². The lowest BCUT2D eigenvalue weighted by Crippen LogP contribution is -2.30. The minimum absolute atomic E-state index is 0.0680. The molecule has 0 aliphatic carbocycles. The van der Waals surface area contributed by atoms with Crippen LogP contribution in [0.15, 0.2) is 12.2 Å². The summed E-state index contributed by atoms with van der Waals surface area (Å²) < 4.78 is 16.8. The summed E-state index contributed by atoms with van der Waals surface area (Å²) in [7, 11) is 0. The van der Waals surface area contributed by atoms with Crippen LogP contribution in [-0.4, -0.2) is 37.2 Å². The molecule has 0 saturated carbocycles. The molecule has 0 N–H and O–H groups in total. The molecule has 0 aliphatic rings. The number of rotatable bonds is 61. The normalized spacial score (nSPS) is 12.0. The maximum atomic E-state index is 12.8. The van der Waals surface area contributed by atoms with Gasteiger partial charge in [0, 0.05) is 19.3 Å². The summed E-state index contributed by atoms with van der Waals surface area (Å²) >= 11 is 0. The average Bonchev–Trinajstić information content (AvgIpc) is 3.38. The smallest absolute Gasteiger partial charge is 0.306 e. The number of allylic oxidation sites excluding steroid dienone is 2. The fraction of sp³-hybridized carbons (Fsp3) is 0.924. The van der Waals surface area contributed by atoms with Crippen molar-refractivity contribution in [2.75, 3.05) is 13.2 Å². The SMILES string of the molecule is CCCCC/C=C\CCCCCCCC(=O)OC(COC(=O)CCCCCCCCCCC)COC(=O)CCCCCCCCCCCCCCCCCCCCCCCCCCCCCCCCCCC. The summed E-state index contributed by atoms with van der Waals surface area (Å²) in [5, 5.41) is 0. The molecule has 1 unspecified atom stereocenters. The molecule has 0 bridgehead atoms. The van der Waals surface area contributed by atoms with Crippen molar-refractivity contribution >= 4 is 17.9 Å². The van der Waals surface area contributed by atoms with E-state index in [2.05, 4.69) is 32.9 Å². The highest BCUT2D eigenvalue weighted by atomic mass is 16.6. The lowest BCUT2D eigenvalue weighted by Gasteiger charge is -2.18. The molecule has 0 radical (unpaired) electrons. The second kappa shape index (κ2) is 61.7. The van der Waals surface area contributed by atoms with E-state index in [-0.39, 0.29) is 31.1 Å². The quantitative estimate of drug-likeness (QED) is 0.0261. The van der Waals surface area contributed by atoms with Gasteiger partial charge in [-0.1, -0.05) is 322 Å². The number of carbonyl (C=O) groups is 3. The van der Waals surface area contributed by atoms with E-state index in [1.165, 1.54) is 270 Å². The minimum atomic E-state index is -0.768. The van der Waals surface area contributed by atoms with Gasteiger partial charge in [0.05, 0.1) is 0 Å². The van der Waals surface area contributed by atoms with Crippen LogP contribution in [0.2, 0.25) is 0 Å². The van der Waals surface area contributed by atoms with Crippen LogP contribution in [-0.2, 0) is 28.6 Å². The lowest BCUT2D eigenvalue weighted by molar-refractivity contribution is -0.167. The maximum Gasteiger partial charge on any atom is 0.306 e. The Hall–Kier alpha value is -1.85. The number of hydrogen-bond acceptors (Lipinski definition) is 6. The molecular formula is C66H126O6. The molecule has 6 heteroatoms. The first-order chi connectivity index (χ1) is 35.5. The van der Waals surface area contributed by atoms with Gasteiger partial charge in [0.15, 0.2) is 6.10 Å². The fourth-order valence-corrected chi connectivity index (χ4v) is 10.1. The highest BCUT2D eigenvalue weighted by Gasteiger charge is 2.19. The molecule has 426 valence electrons. The molecular weight excluding hydrogens is 889 g/mol. The molecule has 0 aromatic rings. The van der Waals surface area contributed by atoms with Crippen molar-refractivity contribution in [3.8, 4) is 0 Å². The van der Waals surface area contributed by atoms with Crippen LogP contribution in [0.5, 0.6) is 0 Å². The first-order valence-electron chi connectivity index (χ1n) is 32.7. The fourth-order valence-electron chi connectivity index (χ4n) is 10.1. The van der Waals surface area contributed by atoms with E-state index in [4.69, 9.17) is 14.2 Å². The van der Waals surface area contributed by atoms with E-state index in [1.807, 2.05) is 0 Å². The monoisotopic (exact) mass is 1010 g/mol. The van der Waals surface area contributed by atoms with Crippen molar-refractivity contribution in [1.82, 2.24) is 0 Å². The van der Waals surface area contributed by atoms with Crippen LogP contribution in [0.4, 0.5) is 0 Å². The van der Waals surface area contributed by atoms with Gasteiger partial charge in [-0.15, -0.1) is 0 Å². The van der Waals surface area contributed by atoms with E-state index in [9.17, 15) is 14.4 Å². The summed E-state index contributed by atoms with van der Waals surface area (Å²) in [6.45, 7) is 6.65. The molecule has 0 spiro atoms. The summed E-state index contributed by atoms with van der Waals surface area (Å²) in [5.41, 5.74) is 0. The molecule has 72 heavy (non-hydrogen) atoms. The highest BCUT2D eigenvalue weighted by molar-refractivity contribution is 5.71. The van der Waals surface area contributed by atoms with Gasteiger partial charge in [0.25, 0.3) is 0 Å². The molecule has 0 amide bonds. The zero-order chi connectivity index (χ0) is 52.2. The summed E-state index contributed by atoms with van der Waals surface area (Å²) in [6.07, 6.45) is 72.7. The molecule has 0 fully saturated rings. The van der Waals surface area contributed by atoms with E-state index < -0.39 is 6.10 Å². The molecule has 0 aliphatic heterocycles. The van der Waals surface area contributed by atoms with Crippen molar-refractivity contribution in [2.45, 2.75) is 380 Å². The number of hydrogen-bond donors (Lipinski definition) is 0. The summed E-state index contributed by atoms with van der Waals surface area (Å²) in [5.74, 6) is -0.858. The summed E-state index contributed by atoms with van der Waals surface area (Å²) in [6, 6.07) is 0. The van der Waals surface area contributed by atoms with Gasteiger partial charge in [0.1, 0.15) is 13.2 Å². The van der Waals surface area contributed by atoms with Gasteiger partial charge in [-0.25, -0.2) is 0 Å². The third-order valence-electron chi connectivity index (χ3n) is 15.0. The minimum Gasteiger partial charge on any atom is -0.462 e. The molecule has 0 aromatic carbocycles. The van der Waals surface area contributed by atoms with Gasteiger partial charge in [-0.2, -0.15) is 0 Å². The predicted octanol–water partition coefficient (Wildman–Crippen LogP) is 22.1. The third kappa shape index (κ3) is 59.0. The van der Waals surface area contributed by atoms with Gasteiger partial charge in [-0.05, 0) is 44.9 Å². The second-order valence-electron chi connectivity index (χ2n) is 22.4. The van der Waals surface area contributed by atoms with Crippen molar-refractivity contribution in [1.29, 1.82) is 0 Å². The maximum absolute atomic E-state index is 12.8. The van der Waals surface area contributed by atoms with Crippen LogP contribution in [0.1, 0.15) is 374 Å². The van der Waals surface area contributed by atoms with Crippen LogP contribution in [0.25, 0.3) is 0 Å². The van der Waals surface area contributed by atoms with E-state index >= 15 is 0 Å². The Morgan fingerprint density at radius 3 is 0.722 bits per heavy atom. The standard InChI is InChI=1S/C66H126O6/c1-4-7-10-13-16-19-21-23-24-25-26-27-28-29-30-31-32-33-34-35-36-37-38-39-40-41-42-43-45-47-50-53-56-59-65(68)71-62-63(61-70-64(67)58-55-52-49-46-18-15-12-9-6-3)72-66(69)60-57-54-51-48-44-22-20-17-14-11-8-5-2/h17,20,63H,4-16,18-19,21-62H2,1-3H3/b20-17-. The van der Waals surface area contributed by atoms with Gasteiger partial charge >= 0.3 is 17.9 Å².